The van der Waals surface area contributed by atoms with Crippen LogP contribution in [0.3, 0.4) is 0 Å². The van der Waals surface area contributed by atoms with Gasteiger partial charge in [-0.2, -0.15) is 0 Å². The summed E-state index contributed by atoms with van der Waals surface area (Å²) >= 11 is 7.33. The molecule has 1 rings (SSSR count). The van der Waals surface area contributed by atoms with E-state index < -0.39 is 5.79 Å². The summed E-state index contributed by atoms with van der Waals surface area (Å²) in [6.45, 7) is 12.3. The quantitative estimate of drug-likeness (QED) is 0.709. The zero-order chi connectivity index (χ0) is 12.1. The van der Waals surface area contributed by atoms with Crippen LogP contribution in [0.2, 0.25) is 0 Å². The van der Waals surface area contributed by atoms with E-state index in [-0.39, 0.29) is 20.9 Å². The number of hydrogen-bond acceptors (Lipinski definition) is 2. The Kier molecular flexibility index (Phi) is 3.69. The molecule has 0 bridgehead atoms. The highest BCUT2D eigenvalue weighted by Gasteiger charge is 2.52. The maximum Gasteiger partial charge on any atom is 0.163 e. The van der Waals surface area contributed by atoms with Crippen molar-refractivity contribution in [2.45, 2.75) is 68.2 Å². The van der Waals surface area contributed by atoms with E-state index in [4.69, 9.17) is 9.47 Å². The number of hydrogen-bond donors (Lipinski definition) is 0. The molecule has 0 saturated carbocycles. The third-order valence-corrected chi connectivity index (χ3v) is 3.35. The average molecular weight is 344 g/mol. The van der Waals surface area contributed by atoms with Gasteiger partial charge in [0, 0.05) is 8.65 Å². The van der Waals surface area contributed by atoms with E-state index in [0.717, 1.165) is 0 Å². The molecule has 15 heavy (non-hydrogen) atoms. The summed E-state index contributed by atoms with van der Waals surface area (Å²) in [5.41, 5.74) is 0. The van der Waals surface area contributed by atoms with Crippen molar-refractivity contribution < 1.29 is 9.47 Å². The lowest BCUT2D eigenvalue weighted by molar-refractivity contribution is -0.149. The maximum atomic E-state index is 5.95. The van der Waals surface area contributed by atoms with Gasteiger partial charge in [-0.15, -0.1) is 0 Å². The van der Waals surface area contributed by atoms with Crippen LogP contribution in [0.5, 0.6) is 0 Å². The third kappa shape index (κ3) is 3.42. The highest BCUT2D eigenvalue weighted by atomic mass is 79.9. The SMILES string of the molecule is CC1(C)O[C@H](C(C)(C)Br)[C@@H](C(C)(C)Br)O1. The number of alkyl halides is 2. The summed E-state index contributed by atoms with van der Waals surface area (Å²) in [5, 5.41) is 0. The van der Waals surface area contributed by atoms with Crippen LogP contribution < -0.4 is 0 Å². The normalized spacial score (nSPS) is 32.0. The summed E-state index contributed by atoms with van der Waals surface area (Å²) in [7, 11) is 0. The molecule has 0 aromatic rings. The van der Waals surface area contributed by atoms with Crippen molar-refractivity contribution in [3.05, 3.63) is 0 Å². The van der Waals surface area contributed by atoms with Gasteiger partial charge in [-0.25, -0.2) is 0 Å². The molecule has 0 unspecified atom stereocenters. The van der Waals surface area contributed by atoms with Crippen molar-refractivity contribution in [2.24, 2.45) is 0 Å². The van der Waals surface area contributed by atoms with Crippen molar-refractivity contribution in [3.8, 4) is 0 Å². The minimum atomic E-state index is -0.509. The van der Waals surface area contributed by atoms with Crippen molar-refractivity contribution >= 4 is 31.9 Å². The number of rotatable bonds is 2. The topological polar surface area (TPSA) is 18.5 Å². The molecule has 1 aliphatic rings. The lowest BCUT2D eigenvalue weighted by atomic mass is 9.94. The second-order valence-electron chi connectivity index (χ2n) is 5.61. The van der Waals surface area contributed by atoms with Gasteiger partial charge < -0.3 is 9.47 Å². The van der Waals surface area contributed by atoms with Crippen molar-refractivity contribution in [3.63, 3.8) is 0 Å². The van der Waals surface area contributed by atoms with Gasteiger partial charge in [0.05, 0.1) is 0 Å². The van der Waals surface area contributed by atoms with Gasteiger partial charge in [0.2, 0.25) is 0 Å². The van der Waals surface area contributed by atoms with E-state index in [1.807, 2.05) is 13.8 Å². The zero-order valence-corrected chi connectivity index (χ0v) is 13.4. The van der Waals surface area contributed by atoms with Crippen LogP contribution >= 0.6 is 31.9 Å². The average Bonchev–Trinajstić information content (AvgIpc) is 2.23. The first-order chi connectivity index (χ1) is 6.43. The van der Waals surface area contributed by atoms with E-state index in [2.05, 4.69) is 59.6 Å². The van der Waals surface area contributed by atoms with E-state index in [1.54, 1.807) is 0 Å². The number of halogens is 2. The summed E-state index contributed by atoms with van der Waals surface area (Å²) in [6.07, 6.45) is 0.0590. The molecule has 1 fully saturated rings. The van der Waals surface area contributed by atoms with Gasteiger partial charge in [0.1, 0.15) is 12.2 Å². The standard InChI is InChI=1S/C11H20Br2O2/c1-9(2,12)7-8(10(3,4)13)15-11(5,6)14-7/h7-8H,1-6H3/t7-,8-/m0/s1. The first-order valence-corrected chi connectivity index (χ1v) is 6.75. The summed E-state index contributed by atoms with van der Waals surface area (Å²) < 4.78 is 11.7. The van der Waals surface area contributed by atoms with Gasteiger partial charge in [-0.05, 0) is 41.5 Å². The molecule has 0 aliphatic carbocycles. The summed E-state index contributed by atoms with van der Waals surface area (Å²) in [5.74, 6) is -0.509. The predicted octanol–water partition coefficient (Wildman–Crippen LogP) is 3.85. The lowest BCUT2D eigenvalue weighted by Gasteiger charge is -2.33. The summed E-state index contributed by atoms with van der Waals surface area (Å²) in [4.78, 5) is 0. The highest BCUT2D eigenvalue weighted by Crippen LogP contribution is 2.44. The molecule has 0 amide bonds. The minimum absolute atomic E-state index is 0.0295. The Hall–Kier alpha value is 0.880. The molecule has 0 spiro atoms. The van der Waals surface area contributed by atoms with Gasteiger partial charge in [-0.1, -0.05) is 31.9 Å². The van der Waals surface area contributed by atoms with Crippen molar-refractivity contribution in [2.75, 3.05) is 0 Å². The van der Waals surface area contributed by atoms with Crippen LogP contribution in [0.25, 0.3) is 0 Å². The first-order valence-electron chi connectivity index (χ1n) is 5.17. The summed E-state index contributed by atoms with van der Waals surface area (Å²) in [6, 6.07) is 0. The molecule has 1 heterocycles. The molecule has 0 radical (unpaired) electrons. The molecular formula is C11H20Br2O2. The second-order valence-corrected chi connectivity index (χ2v) is 9.69. The van der Waals surface area contributed by atoms with Crippen molar-refractivity contribution in [1.82, 2.24) is 0 Å². The fourth-order valence-corrected chi connectivity index (χ4v) is 2.43. The van der Waals surface area contributed by atoms with Crippen LogP contribution in [0.4, 0.5) is 0 Å². The van der Waals surface area contributed by atoms with Crippen LogP contribution in [-0.4, -0.2) is 26.6 Å². The molecule has 0 aromatic carbocycles. The Morgan fingerprint density at radius 2 is 1.13 bits per heavy atom. The van der Waals surface area contributed by atoms with Gasteiger partial charge in [0.15, 0.2) is 5.79 Å². The number of ether oxygens (including phenoxy) is 2. The maximum absolute atomic E-state index is 5.95. The lowest BCUT2D eigenvalue weighted by Crippen LogP contribution is -2.46. The smallest absolute Gasteiger partial charge is 0.163 e. The Bertz CT molecular complexity index is 214. The predicted molar refractivity (Wildman–Crippen MR) is 69.8 cm³/mol. The molecule has 0 N–H and O–H groups in total. The van der Waals surface area contributed by atoms with E-state index in [0.29, 0.717) is 0 Å². The molecule has 2 atom stereocenters. The third-order valence-electron chi connectivity index (χ3n) is 2.45. The molecule has 0 aromatic heterocycles. The van der Waals surface area contributed by atoms with E-state index in [1.165, 1.54) is 0 Å². The van der Waals surface area contributed by atoms with Gasteiger partial charge in [-0.3, -0.25) is 0 Å². The Morgan fingerprint density at radius 1 is 0.867 bits per heavy atom. The zero-order valence-electron chi connectivity index (χ0n) is 10.2. The fraction of sp³-hybridized carbons (Fsp3) is 1.00. The molecular weight excluding hydrogens is 324 g/mol. The second kappa shape index (κ2) is 3.97. The minimum Gasteiger partial charge on any atom is -0.343 e. The largest absolute Gasteiger partial charge is 0.343 e. The monoisotopic (exact) mass is 342 g/mol. The van der Waals surface area contributed by atoms with Crippen LogP contribution in [0, 0.1) is 0 Å². The molecule has 1 aliphatic heterocycles. The van der Waals surface area contributed by atoms with Crippen LogP contribution in [0.15, 0.2) is 0 Å². The van der Waals surface area contributed by atoms with Gasteiger partial charge >= 0.3 is 0 Å². The molecule has 90 valence electrons. The fourth-order valence-electron chi connectivity index (χ4n) is 1.76. The molecule has 2 nitrogen and oxygen atoms in total. The molecule has 4 heteroatoms. The molecule has 1 saturated heterocycles. The van der Waals surface area contributed by atoms with Crippen LogP contribution in [0.1, 0.15) is 41.5 Å². The Labute approximate surface area is 109 Å². The Balaban J connectivity index is 2.95. The van der Waals surface area contributed by atoms with Gasteiger partial charge in [0.25, 0.3) is 0 Å². The van der Waals surface area contributed by atoms with Crippen molar-refractivity contribution in [1.29, 1.82) is 0 Å². The Morgan fingerprint density at radius 3 is 1.33 bits per heavy atom. The first kappa shape index (κ1) is 13.9. The van der Waals surface area contributed by atoms with E-state index in [9.17, 15) is 0 Å². The van der Waals surface area contributed by atoms with Crippen LogP contribution in [-0.2, 0) is 9.47 Å². The highest BCUT2D eigenvalue weighted by molar-refractivity contribution is 9.10. The van der Waals surface area contributed by atoms with E-state index >= 15 is 0 Å².